The Morgan fingerprint density at radius 1 is 0.903 bits per heavy atom. The van der Waals surface area contributed by atoms with E-state index in [0.29, 0.717) is 5.56 Å². The molecule has 0 aliphatic heterocycles. The van der Waals surface area contributed by atoms with Crippen LogP contribution in [0.3, 0.4) is 0 Å². The van der Waals surface area contributed by atoms with Crippen LogP contribution < -0.4 is 0 Å². The summed E-state index contributed by atoms with van der Waals surface area (Å²) in [7, 11) is 3.54. The van der Waals surface area contributed by atoms with Crippen LogP contribution >= 0.6 is 11.6 Å². The monoisotopic (exact) mass is 440 g/mol. The molecule has 0 heterocycles. The molecule has 0 radical (unpaired) electrons. The number of benzene rings is 2. The van der Waals surface area contributed by atoms with Crippen LogP contribution in [0.2, 0.25) is 5.02 Å². The number of rotatable bonds is 3. The molecule has 1 atom stereocenters. The van der Waals surface area contributed by atoms with Crippen LogP contribution in [-0.2, 0) is 29.2 Å². The van der Waals surface area contributed by atoms with Gasteiger partial charge in [0.1, 0.15) is 6.10 Å². The molecule has 0 amide bonds. The third-order valence-electron chi connectivity index (χ3n) is 5.72. The van der Waals surface area contributed by atoms with Crippen molar-refractivity contribution < 1.29 is 33.4 Å². The molecule has 2 aromatic rings. The molecule has 0 spiro atoms. The molecule has 31 heavy (non-hydrogen) atoms. The Labute approximate surface area is 182 Å². The van der Waals surface area contributed by atoms with E-state index in [9.17, 15) is 19.2 Å². The predicted octanol–water partition coefficient (Wildman–Crippen LogP) is 3.00. The largest absolute Gasteiger partial charge is 0.468 e. The first-order valence-corrected chi connectivity index (χ1v) is 9.64. The van der Waals surface area contributed by atoms with Crippen molar-refractivity contribution in [2.45, 2.75) is 11.5 Å². The van der Waals surface area contributed by atoms with E-state index in [4.69, 9.17) is 25.8 Å². The first-order valence-electron chi connectivity index (χ1n) is 9.27. The molecule has 2 aliphatic carbocycles. The predicted molar refractivity (Wildman–Crippen MR) is 109 cm³/mol. The maximum absolute atomic E-state index is 13.7. The fraction of sp³-hybridized carbons (Fsp3) is 0.217. The molecule has 0 saturated heterocycles. The van der Waals surface area contributed by atoms with E-state index in [-0.39, 0.29) is 32.9 Å². The van der Waals surface area contributed by atoms with Gasteiger partial charge in [-0.25, -0.2) is 0 Å². The third kappa shape index (κ3) is 2.63. The Balaban J connectivity index is 2.22. The maximum Gasteiger partial charge on any atom is 0.332 e. The minimum absolute atomic E-state index is 0.0729. The highest BCUT2D eigenvalue weighted by Crippen LogP contribution is 2.52. The Morgan fingerprint density at radius 2 is 1.48 bits per heavy atom. The number of carbonyl (C=O) groups is 4. The molecule has 2 aliphatic rings. The number of hydrogen-bond donors (Lipinski definition) is 0. The van der Waals surface area contributed by atoms with E-state index >= 15 is 0 Å². The lowest BCUT2D eigenvalue weighted by Crippen LogP contribution is -2.54. The van der Waals surface area contributed by atoms with Crippen LogP contribution in [0, 0.1) is 0 Å². The van der Waals surface area contributed by atoms with Gasteiger partial charge in [0.25, 0.3) is 0 Å². The summed E-state index contributed by atoms with van der Waals surface area (Å²) >= 11 is 6.20. The van der Waals surface area contributed by atoms with Crippen LogP contribution in [0.1, 0.15) is 37.9 Å². The van der Waals surface area contributed by atoms with Crippen molar-refractivity contribution >= 4 is 35.1 Å². The number of ketones is 2. The number of Topliss-reactive ketones (excluding diaryl/α,β-unsaturated/α-hetero) is 2. The van der Waals surface area contributed by atoms with Gasteiger partial charge in [-0.2, -0.15) is 0 Å². The summed E-state index contributed by atoms with van der Waals surface area (Å²) in [5, 5.41) is 0.213. The number of ether oxygens (including phenoxy) is 3. The van der Waals surface area contributed by atoms with Gasteiger partial charge in [-0.15, -0.1) is 0 Å². The van der Waals surface area contributed by atoms with Crippen LogP contribution in [0.5, 0.6) is 0 Å². The lowest BCUT2D eigenvalue weighted by Gasteiger charge is -2.41. The van der Waals surface area contributed by atoms with Crippen molar-refractivity contribution in [1.82, 2.24) is 0 Å². The normalized spacial score (nSPS) is 18.6. The van der Waals surface area contributed by atoms with Gasteiger partial charge in [0, 0.05) is 34.4 Å². The highest BCUT2D eigenvalue weighted by molar-refractivity contribution is 6.34. The van der Waals surface area contributed by atoms with Crippen molar-refractivity contribution in [1.29, 1.82) is 0 Å². The summed E-state index contributed by atoms with van der Waals surface area (Å²) < 4.78 is 15.6. The Bertz CT molecular complexity index is 1180. The topological polar surface area (TPSA) is 96.0 Å². The van der Waals surface area contributed by atoms with E-state index in [1.807, 2.05) is 0 Å². The molecule has 0 N–H and O–H groups in total. The van der Waals surface area contributed by atoms with Gasteiger partial charge in [0.2, 0.25) is 5.41 Å². The fourth-order valence-corrected chi connectivity index (χ4v) is 4.62. The Kier molecular flexibility index (Phi) is 5.03. The zero-order chi connectivity index (χ0) is 22.5. The third-order valence-corrected chi connectivity index (χ3v) is 5.95. The Hall–Kier alpha value is -3.29. The number of fused-ring (bicyclic) bond motifs is 2. The number of hydrogen-bond acceptors (Lipinski definition) is 7. The molecule has 0 fully saturated rings. The van der Waals surface area contributed by atoms with Crippen LogP contribution in [0.15, 0.2) is 53.6 Å². The highest BCUT2D eigenvalue weighted by Gasteiger charge is 2.63. The summed E-state index contributed by atoms with van der Waals surface area (Å²) in [6.45, 7) is 0. The molecule has 158 valence electrons. The average molecular weight is 441 g/mol. The second-order valence-corrected chi connectivity index (χ2v) is 7.51. The lowest BCUT2D eigenvalue weighted by molar-refractivity contribution is -0.159. The van der Waals surface area contributed by atoms with Crippen molar-refractivity contribution in [2.24, 2.45) is 0 Å². The zero-order valence-corrected chi connectivity index (χ0v) is 17.6. The average Bonchev–Trinajstić information content (AvgIpc) is 2.79. The molecule has 8 heteroatoms. The quantitative estimate of drug-likeness (QED) is 0.534. The standard InChI is InChI=1S/C23H17ClO7/c1-29-20-14-9-8-11(24)10-15(14)23(21(27)30-2,22(28)31-3)17-16(20)18(25)12-6-4-5-7-13(12)19(17)26/h4-10,20H,1-3H3. The van der Waals surface area contributed by atoms with E-state index in [0.717, 1.165) is 14.2 Å². The second-order valence-electron chi connectivity index (χ2n) is 7.07. The van der Waals surface area contributed by atoms with Crippen LogP contribution in [-0.4, -0.2) is 44.8 Å². The summed E-state index contributed by atoms with van der Waals surface area (Å²) in [5.74, 6) is -3.31. The molecule has 0 saturated carbocycles. The molecular weight excluding hydrogens is 424 g/mol. The number of carbonyl (C=O) groups excluding carboxylic acids is 4. The lowest BCUT2D eigenvalue weighted by atomic mass is 9.60. The summed E-state index contributed by atoms with van der Waals surface area (Å²) in [4.78, 5) is 53.8. The fourth-order valence-electron chi connectivity index (χ4n) is 4.45. The molecule has 0 bridgehead atoms. The summed E-state index contributed by atoms with van der Waals surface area (Å²) in [6.07, 6.45) is -1.01. The minimum Gasteiger partial charge on any atom is -0.468 e. The van der Waals surface area contributed by atoms with Gasteiger partial charge in [0.05, 0.1) is 14.2 Å². The van der Waals surface area contributed by atoms with Crippen molar-refractivity contribution in [2.75, 3.05) is 21.3 Å². The van der Waals surface area contributed by atoms with Gasteiger partial charge in [-0.3, -0.25) is 19.2 Å². The SMILES string of the molecule is COC(=O)C1(C(=O)OC)C2=C(C(=O)c3ccccc3C2=O)C(OC)c2ccc(Cl)cc21. The number of esters is 2. The maximum atomic E-state index is 13.7. The molecule has 2 aromatic carbocycles. The van der Waals surface area contributed by atoms with Crippen molar-refractivity contribution in [3.8, 4) is 0 Å². The van der Waals surface area contributed by atoms with Crippen molar-refractivity contribution in [3.63, 3.8) is 0 Å². The van der Waals surface area contributed by atoms with Crippen LogP contribution in [0.25, 0.3) is 0 Å². The first-order chi connectivity index (χ1) is 14.8. The van der Waals surface area contributed by atoms with E-state index in [1.165, 1.54) is 25.3 Å². The number of halogens is 1. The molecule has 1 unspecified atom stereocenters. The molecule has 4 rings (SSSR count). The molecule has 7 nitrogen and oxygen atoms in total. The number of methoxy groups -OCH3 is 3. The minimum atomic E-state index is -2.34. The second kappa shape index (κ2) is 7.44. The zero-order valence-electron chi connectivity index (χ0n) is 16.9. The van der Waals surface area contributed by atoms with E-state index < -0.39 is 35.0 Å². The molecular formula is C23H17ClO7. The van der Waals surface area contributed by atoms with Gasteiger partial charge in [-0.1, -0.05) is 41.9 Å². The highest BCUT2D eigenvalue weighted by atomic mass is 35.5. The molecule has 0 aromatic heterocycles. The summed E-state index contributed by atoms with van der Waals surface area (Å²) in [6, 6.07) is 10.7. The first kappa shape index (κ1) is 21.0. The van der Waals surface area contributed by atoms with Crippen LogP contribution in [0.4, 0.5) is 0 Å². The van der Waals surface area contributed by atoms with Gasteiger partial charge >= 0.3 is 11.9 Å². The Morgan fingerprint density at radius 3 is 2.03 bits per heavy atom. The van der Waals surface area contributed by atoms with Gasteiger partial charge in [-0.05, 0) is 23.3 Å². The van der Waals surface area contributed by atoms with E-state index in [1.54, 1.807) is 24.3 Å². The smallest absolute Gasteiger partial charge is 0.332 e. The van der Waals surface area contributed by atoms with Gasteiger partial charge < -0.3 is 14.2 Å². The van der Waals surface area contributed by atoms with Gasteiger partial charge in [0.15, 0.2) is 11.6 Å². The summed E-state index contributed by atoms with van der Waals surface area (Å²) in [5.41, 5.74) is -2.13. The van der Waals surface area contributed by atoms with E-state index in [2.05, 4.69) is 0 Å². The van der Waals surface area contributed by atoms with Crippen molar-refractivity contribution in [3.05, 3.63) is 80.9 Å².